The summed E-state index contributed by atoms with van der Waals surface area (Å²) in [5.74, 6) is 0.0128. The molecule has 1 fully saturated rings. The predicted molar refractivity (Wildman–Crippen MR) is 84.9 cm³/mol. The third kappa shape index (κ3) is 4.23. The van der Waals surface area contributed by atoms with E-state index in [4.69, 9.17) is 4.74 Å². The number of anilines is 1. The molecule has 1 aromatic carbocycles. The zero-order valence-electron chi connectivity index (χ0n) is 12.1. The van der Waals surface area contributed by atoms with Crippen molar-refractivity contribution in [3.05, 3.63) is 28.2 Å². The molecule has 1 aliphatic rings. The van der Waals surface area contributed by atoms with Crippen molar-refractivity contribution in [2.45, 2.75) is 45.6 Å². The summed E-state index contributed by atoms with van der Waals surface area (Å²) >= 11 is 3.52. The van der Waals surface area contributed by atoms with Gasteiger partial charge in [-0.15, -0.1) is 0 Å². The maximum absolute atomic E-state index is 11.8. The molecule has 2 atom stereocenters. The van der Waals surface area contributed by atoms with Gasteiger partial charge in [-0.3, -0.25) is 4.79 Å². The molecule has 1 N–H and O–H groups in total. The van der Waals surface area contributed by atoms with E-state index in [0.29, 0.717) is 12.6 Å². The number of hydrogen-bond donors (Lipinski definition) is 1. The van der Waals surface area contributed by atoms with Crippen molar-refractivity contribution in [3.63, 3.8) is 0 Å². The Kier molecular flexibility index (Phi) is 5.46. The highest BCUT2D eigenvalue weighted by atomic mass is 79.9. The van der Waals surface area contributed by atoms with Crippen LogP contribution in [-0.2, 0) is 9.53 Å². The summed E-state index contributed by atoms with van der Waals surface area (Å²) in [6.07, 6.45) is 4.01. The van der Waals surface area contributed by atoms with E-state index in [1.807, 2.05) is 6.92 Å². The number of esters is 1. The van der Waals surface area contributed by atoms with Gasteiger partial charge in [0.05, 0.1) is 12.5 Å². The summed E-state index contributed by atoms with van der Waals surface area (Å²) in [4.78, 5) is 11.8. The lowest BCUT2D eigenvalue weighted by Gasteiger charge is -2.29. The van der Waals surface area contributed by atoms with Crippen molar-refractivity contribution < 1.29 is 9.53 Å². The number of aryl methyl sites for hydroxylation is 1. The Morgan fingerprint density at radius 3 is 2.90 bits per heavy atom. The number of carbonyl (C=O) groups is 1. The van der Waals surface area contributed by atoms with Crippen molar-refractivity contribution in [3.8, 4) is 0 Å². The quantitative estimate of drug-likeness (QED) is 0.831. The van der Waals surface area contributed by atoms with E-state index in [-0.39, 0.29) is 11.9 Å². The summed E-state index contributed by atoms with van der Waals surface area (Å²) in [7, 11) is 0. The van der Waals surface area contributed by atoms with Gasteiger partial charge in [0.1, 0.15) is 0 Å². The van der Waals surface area contributed by atoms with Gasteiger partial charge in [0, 0.05) is 16.2 Å². The third-order valence-corrected chi connectivity index (χ3v) is 4.16. The molecule has 1 aromatic rings. The molecule has 0 bridgehead atoms. The first-order valence-electron chi connectivity index (χ1n) is 7.29. The van der Waals surface area contributed by atoms with Crippen LogP contribution in [0.15, 0.2) is 22.7 Å². The van der Waals surface area contributed by atoms with Crippen LogP contribution in [0.4, 0.5) is 5.69 Å². The van der Waals surface area contributed by atoms with Crippen LogP contribution in [-0.4, -0.2) is 18.6 Å². The van der Waals surface area contributed by atoms with E-state index in [9.17, 15) is 4.79 Å². The van der Waals surface area contributed by atoms with Gasteiger partial charge >= 0.3 is 5.97 Å². The molecule has 2 unspecified atom stereocenters. The molecule has 0 aliphatic heterocycles. The Balaban J connectivity index is 1.97. The SMILES string of the molecule is CCOC(=O)C1CCCC(Nc2cc(C)cc(Br)c2)C1. The maximum atomic E-state index is 11.8. The zero-order valence-corrected chi connectivity index (χ0v) is 13.7. The number of ether oxygens (including phenoxy) is 1. The number of nitrogens with one attached hydrogen (secondary N) is 1. The maximum Gasteiger partial charge on any atom is 0.308 e. The van der Waals surface area contributed by atoms with E-state index in [1.165, 1.54) is 5.56 Å². The fourth-order valence-corrected chi connectivity index (χ4v) is 3.46. The summed E-state index contributed by atoms with van der Waals surface area (Å²) in [6.45, 7) is 4.41. The van der Waals surface area contributed by atoms with E-state index in [1.54, 1.807) is 0 Å². The van der Waals surface area contributed by atoms with Gasteiger partial charge in [0.25, 0.3) is 0 Å². The third-order valence-electron chi connectivity index (χ3n) is 3.71. The van der Waals surface area contributed by atoms with Crippen molar-refractivity contribution in [1.29, 1.82) is 0 Å². The first-order chi connectivity index (χ1) is 9.58. The monoisotopic (exact) mass is 339 g/mol. The van der Waals surface area contributed by atoms with Gasteiger partial charge < -0.3 is 10.1 Å². The molecule has 0 radical (unpaired) electrons. The van der Waals surface area contributed by atoms with Crippen molar-refractivity contribution in [2.75, 3.05) is 11.9 Å². The standard InChI is InChI=1S/C16H22BrNO2/c1-3-20-16(19)12-5-4-6-14(9-12)18-15-8-11(2)7-13(17)10-15/h7-8,10,12,14,18H,3-6,9H2,1-2H3. The first kappa shape index (κ1) is 15.4. The fourth-order valence-electron chi connectivity index (χ4n) is 2.85. The highest BCUT2D eigenvalue weighted by Crippen LogP contribution is 2.29. The van der Waals surface area contributed by atoms with Crippen LogP contribution in [0, 0.1) is 12.8 Å². The molecule has 20 heavy (non-hydrogen) atoms. The second kappa shape index (κ2) is 7.11. The number of halogens is 1. The Hall–Kier alpha value is -1.03. The van der Waals surface area contributed by atoms with Crippen molar-refractivity contribution in [1.82, 2.24) is 0 Å². The van der Waals surface area contributed by atoms with E-state index in [2.05, 4.69) is 46.4 Å². The van der Waals surface area contributed by atoms with Crippen LogP contribution >= 0.6 is 15.9 Å². The van der Waals surface area contributed by atoms with Crippen LogP contribution in [0.25, 0.3) is 0 Å². The van der Waals surface area contributed by atoms with Crippen LogP contribution < -0.4 is 5.32 Å². The minimum absolute atomic E-state index is 0.0376. The molecule has 0 aromatic heterocycles. The fraction of sp³-hybridized carbons (Fsp3) is 0.562. The second-order valence-corrected chi connectivity index (χ2v) is 6.39. The number of hydrogen-bond acceptors (Lipinski definition) is 3. The number of rotatable bonds is 4. The van der Waals surface area contributed by atoms with Crippen LogP contribution in [0.1, 0.15) is 38.2 Å². The van der Waals surface area contributed by atoms with Gasteiger partial charge in [-0.1, -0.05) is 22.4 Å². The van der Waals surface area contributed by atoms with Crippen LogP contribution in [0.5, 0.6) is 0 Å². The van der Waals surface area contributed by atoms with Gasteiger partial charge in [0.15, 0.2) is 0 Å². The Morgan fingerprint density at radius 1 is 1.40 bits per heavy atom. The Morgan fingerprint density at radius 2 is 2.20 bits per heavy atom. The highest BCUT2D eigenvalue weighted by Gasteiger charge is 2.28. The molecule has 2 rings (SSSR count). The van der Waals surface area contributed by atoms with Crippen molar-refractivity contribution in [2.24, 2.45) is 5.92 Å². The normalized spacial score (nSPS) is 22.4. The van der Waals surface area contributed by atoms with Crippen LogP contribution in [0.3, 0.4) is 0 Å². The molecule has 1 aliphatic carbocycles. The summed E-state index contributed by atoms with van der Waals surface area (Å²) < 4.78 is 6.23. The molecule has 0 spiro atoms. The van der Waals surface area contributed by atoms with E-state index < -0.39 is 0 Å². The average molecular weight is 340 g/mol. The van der Waals surface area contributed by atoms with Gasteiger partial charge in [-0.2, -0.15) is 0 Å². The summed E-state index contributed by atoms with van der Waals surface area (Å²) in [5.41, 5.74) is 2.34. The molecule has 4 heteroatoms. The Bertz CT molecular complexity index is 455. The predicted octanol–water partition coefficient (Wildman–Crippen LogP) is 4.29. The minimum Gasteiger partial charge on any atom is -0.466 e. The lowest BCUT2D eigenvalue weighted by Crippen LogP contribution is -2.32. The molecule has 3 nitrogen and oxygen atoms in total. The molecule has 0 saturated heterocycles. The summed E-state index contributed by atoms with van der Waals surface area (Å²) in [6, 6.07) is 6.67. The minimum atomic E-state index is -0.0376. The number of carbonyl (C=O) groups excluding carboxylic acids is 1. The number of benzene rings is 1. The van der Waals surface area contributed by atoms with Crippen molar-refractivity contribution >= 4 is 27.6 Å². The first-order valence-corrected chi connectivity index (χ1v) is 8.08. The zero-order chi connectivity index (χ0) is 14.5. The molecular weight excluding hydrogens is 318 g/mol. The van der Waals surface area contributed by atoms with Gasteiger partial charge in [-0.25, -0.2) is 0 Å². The smallest absolute Gasteiger partial charge is 0.308 e. The van der Waals surface area contributed by atoms with E-state index >= 15 is 0 Å². The lowest BCUT2D eigenvalue weighted by molar-refractivity contribution is -0.149. The lowest BCUT2D eigenvalue weighted by atomic mass is 9.85. The van der Waals surface area contributed by atoms with Gasteiger partial charge in [-0.05, 0) is 56.9 Å². The molecule has 1 saturated carbocycles. The van der Waals surface area contributed by atoms with Crippen LogP contribution in [0.2, 0.25) is 0 Å². The van der Waals surface area contributed by atoms with Gasteiger partial charge in [0.2, 0.25) is 0 Å². The van der Waals surface area contributed by atoms with E-state index in [0.717, 1.165) is 35.8 Å². The summed E-state index contributed by atoms with van der Waals surface area (Å²) in [5, 5.41) is 3.55. The second-order valence-electron chi connectivity index (χ2n) is 5.47. The molecule has 0 heterocycles. The highest BCUT2D eigenvalue weighted by molar-refractivity contribution is 9.10. The largest absolute Gasteiger partial charge is 0.466 e. The Labute approximate surface area is 129 Å². The average Bonchev–Trinajstić information content (AvgIpc) is 2.38. The molecule has 0 amide bonds. The molecular formula is C16H22BrNO2. The molecule has 110 valence electrons. The topological polar surface area (TPSA) is 38.3 Å².